The number of amides is 10. The maximum absolute atomic E-state index is 14.3. The van der Waals surface area contributed by atoms with Gasteiger partial charge in [0.05, 0.1) is 19.1 Å². The van der Waals surface area contributed by atoms with Crippen molar-refractivity contribution in [2.75, 3.05) is 44.2 Å². The van der Waals surface area contributed by atoms with Gasteiger partial charge in [-0.2, -0.15) is 0 Å². The smallest absolute Gasteiger partial charge is 0.325 e. The van der Waals surface area contributed by atoms with Gasteiger partial charge < -0.3 is 85.9 Å². The fourth-order valence-electron chi connectivity index (χ4n) is 7.71. The Labute approximate surface area is 460 Å². The highest BCUT2D eigenvalue weighted by Gasteiger charge is 2.35. The highest BCUT2D eigenvalue weighted by atomic mass is 33.1. The predicted octanol–water partition coefficient (Wildman–Crippen LogP) is -4.45. The van der Waals surface area contributed by atoms with Crippen molar-refractivity contribution in [2.45, 2.75) is 140 Å². The quantitative estimate of drug-likeness (QED) is 0.0303. The molecule has 0 spiro atoms. The third kappa shape index (κ3) is 23.4. The van der Waals surface area contributed by atoms with Crippen LogP contribution in [-0.2, 0) is 59.2 Å². The van der Waals surface area contributed by atoms with E-state index in [0.717, 1.165) is 21.6 Å². The summed E-state index contributed by atoms with van der Waals surface area (Å²) in [5.74, 6) is -10.7. The molecule has 78 heavy (non-hydrogen) atoms. The number of rotatable bonds is 17. The van der Waals surface area contributed by atoms with Gasteiger partial charge in [0.15, 0.2) is 5.96 Å². The summed E-state index contributed by atoms with van der Waals surface area (Å²) in [5.41, 5.74) is 17.3. The van der Waals surface area contributed by atoms with Crippen molar-refractivity contribution in [1.29, 1.82) is 0 Å². The molecule has 0 aromatic heterocycles. The minimum absolute atomic E-state index is 0.0495. The first-order chi connectivity index (χ1) is 37.0. The predicted molar refractivity (Wildman–Crippen MR) is 290 cm³/mol. The lowest BCUT2D eigenvalue weighted by atomic mass is 9.96. The summed E-state index contributed by atoms with van der Waals surface area (Å²) in [6.45, 7) is 5.43. The lowest BCUT2D eigenvalue weighted by Gasteiger charge is -2.29. The zero-order valence-corrected chi connectivity index (χ0v) is 45.9. The zero-order valence-electron chi connectivity index (χ0n) is 44.3. The van der Waals surface area contributed by atoms with Gasteiger partial charge in [0.25, 0.3) is 0 Å². The van der Waals surface area contributed by atoms with E-state index in [4.69, 9.17) is 17.2 Å². The van der Waals surface area contributed by atoms with Gasteiger partial charge in [0.1, 0.15) is 54.1 Å². The number of unbranched alkanes of at least 4 members (excludes halogenated alkanes) is 1. The topological polar surface area (TPSA) is 451 Å². The van der Waals surface area contributed by atoms with Crippen molar-refractivity contribution in [1.82, 2.24) is 58.5 Å². The SMILES string of the molecule is CC[C@H](C)[C@@H]1NC(=O)[C@H](CCCN=C(N)N)NC(=O)[C@H](C)NC(=O)[C@H](CCCCN)NC(=O)[C@@H](NC(=O)[C@@H]2CCCN2)CSSC[C@@H](C(=O)N[C@@H](C)C(=O)O)NC(=O)CNC(=O)CNC(=O)[C@H](Cc2ccc(O)cc2)NC1=O. The van der Waals surface area contributed by atoms with Crippen LogP contribution in [0.5, 0.6) is 5.75 Å². The number of phenols is 1. The standard InChI is InChI=1S/C48H77N15O13S2/c1-5-25(2)38-46(74)61-33(20-28-13-15-29(64)16-14-28)40(68)55-21-36(65)54-22-37(66)58-34(44(72)57-27(4)47(75)76)23-77-78-24-35(62-41(69)30-11-8-18-52-30)45(73)60-31(10-6-7-17-49)42(70)56-26(3)39(67)59-32(43(71)63-38)12-9-19-53-48(50)51/h13-16,25-27,30-35,38,52,64H,5-12,17-24,49H2,1-4H3,(H,54,65)(H,55,68)(H,56,70)(H,57,72)(H,58,66)(H,59,67)(H,60,73)(H,61,74)(H,62,69)(H,63,71)(H,75,76)(H4,50,51,53)/t25-,26-,27-,30-,31-,32-,33-,34-,35-,38-/m0/s1. The molecule has 19 N–H and O–H groups in total. The average molecular weight is 1140 g/mol. The van der Waals surface area contributed by atoms with Crippen LogP contribution in [0.25, 0.3) is 0 Å². The second-order valence-electron chi connectivity index (χ2n) is 18.9. The van der Waals surface area contributed by atoms with Gasteiger partial charge in [-0.1, -0.05) is 54.0 Å². The van der Waals surface area contributed by atoms with E-state index >= 15 is 0 Å². The molecule has 2 aliphatic heterocycles. The Kier molecular flexibility index (Phi) is 28.5. The summed E-state index contributed by atoms with van der Waals surface area (Å²) >= 11 is 0. The molecule has 10 amide bonds. The highest BCUT2D eigenvalue weighted by molar-refractivity contribution is 8.76. The number of nitrogens with one attached hydrogen (secondary N) is 11. The molecule has 0 bridgehead atoms. The molecule has 2 heterocycles. The number of carbonyl (C=O) groups excluding carboxylic acids is 10. The Hall–Kier alpha value is -6.92. The van der Waals surface area contributed by atoms with Crippen molar-refractivity contribution in [3.8, 4) is 5.75 Å². The zero-order chi connectivity index (χ0) is 57.9. The number of carboxylic acids is 1. The second-order valence-corrected chi connectivity index (χ2v) is 21.4. The molecule has 30 heteroatoms. The number of carbonyl (C=O) groups is 11. The van der Waals surface area contributed by atoms with Crippen molar-refractivity contribution in [3.63, 3.8) is 0 Å². The highest BCUT2D eigenvalue weighted by Crippen LogP contribution is 2.24. The van der Waals surface area contributed by atoms with E-state index in [1.807, 2.05) is 0 Å². The van der Waals surface area contributed by atoms with Crippen LogP contribution in [0.1, 0.15) is 84.6 Å². The van der Waals surface area contributed by atoms with E-state index in [1.165, 1.54) is 38.1 Å². The van der Waals surface area contributed by atoms with Crippen LogP contribution in [-0.4, -0.2) is 180 Å². The Morgan fingerprint density at radius 2 is 1.36 bits per heavy atom. The minimum atomic E-state index is -1.41. The molecule has 10 atom stereocenters. The lowest BCUT2D eigenvalue weighted by Crippen LogP contribution is -2.60. The minimum Gasteiger partial charge on any atom is -0.508 e. The van der Waals surface area contributed by atoms with E-state index in [1.54, 1.807) is 13.8 Å². The summed E-state index contributed by atoms with van der Waals surface area (Å²) in [6, 6.07) is -5.60. The van der Waals surface area contributed by atoms with E-state index < -0.39 is 138 Å². The Morgan fingerprint density at radius 3 is 1.99 bits per heavy atom. The first kappa shape index (κ1) is 65.4. The number of guanidine groups is 1. The van der Waals surface area contributed by atoms with Crippen LogP contribution < -0.4 is 75.7 Å². The molecule has 1 aromatic carbocycles. The molecule has 0 aliphatic carbocycles. The average Bonchev–Trinajstić information content (AvgIpc) is 3.96. The van der Waals surface area contributed by atoms with Crippen LogP contribution in [0.2, 0.25) is 0 Å². The first-order valence-electron chi connectivity index (χ1n) is 25.7. The number of nitrogens with two attached hydrogens (primary N) is 3. The van der Waals surface area contributed by atoms with Gasteiger partial charge in [-0.05, 0) is 95.5 Å². The van der Waals surface area contributed by atoms with Crippen LogP contribution in [0, 0.1) is 5.92 Å². The van der Waals surface area contributed by atoms with E-state index in [-0.39, 0.29) is 62.0 Å². The van der Waals surface area contributed by atoms with Gasteiger partial charge in [-0.25, -0.2) is 0 Å². The number of hydrogen-bond acceptors (Lipinski definition) is 17. The molecule has 2 fully saturated rings. The number of carboxylic acid groups (broad SMARTS) is 1. The summed E-state index contributed by atoms with van der Waals surface area (Å²) in [7, 11) is 1.98. The summed E-state index contributed by atoms with van der Waals surface area (Å²) < 4.78 is 0. The van der Waals surface area contributed by atoms with Crippen LogP contribution in [0.3, 0.4) is 0 Å². The monoisotopic (exact) mass is 1140 g/mol. The summed E-state index contributed by atoms with van der Waals surface area (Å²) in [5, 5.41) is 47.9. The number of aliphatic carboxylic acids is 1. The third-order valence-corrected chi connectivity index (χ3v) is 14.9. The Bertz CT molecular complexity index is 2270. The molecule has 0 saturated carbocycles. The van der Waals surface area contributed by atoms with Crippen molar-refractivity contribution < 1.29 is 63.0 Å². The van der Waals surface area contributed by atoms with Gasteiger partial charge in [-0.3, -0.25) is 57.7 Å². The van der Waals surface area contributed by atoms with Crippen molar-refractivity contribution >= 4 is 92.6 Å². The largest absolute Gasteiger partial charge is 0.508 e. The molecule has 2 saturated heterocycles. The lowest BCUT2D eigenvalue weighted by molar-refractivity contribution is -0.141. The number of hydrogen-bond donors (Lipinski definition) is 16. The van der Waals surface area contributed by atoms with E-state index in [0.29, 0.717) is 44.2 Å². The van der Waals surface area contributed by atoms with Gasteiger partial charge in [0, 0.05) is 24.5 Å². The number of aliphatic imine (C=N–C) groups is 1. The molecule has 3 rings (SSSR count). The van der Waals surface area contributed by atoms with Gasteiger partial charge in [0.2, 0.25) is 59.1 Å². The second kappa shape index (κ2) is 34.1. The van der Waals surface area contributed by atoms with Gasteiger partial charge >= 0.3 is 5.97 Å². The summed E-state index contributed by atoms with van der Waals surface area (Å²) in [6.07, 6.45) is 2.32. The van der Waals surface area contributed by atoms with Crippen LogP contribution >= 0.6 is 21.6 Å². The third-order valence-electron chi connectivity index (χ3n) is 12.5. The van der Waals surface area contributed by atoms with Gasteiger partial charge in [-0.15, -0.1) is 0 Å². The van der Waals surface area contributed by atoms with Crippen molar-refractivity contribution in [2.24, 2.45) is 28.1 Å². The number of phenolic OH excluding ortho intramolecular Hbond substituents is 1. The number of nitrogens with zero attached hydrogens (tertiary/aromatic N) is 1. The molecule has 0 radical (unpaired) electrons. The molecular formula is C48H77N15O13S2. The Morgan fingerprint density at radius 1 is 0.731 bits per heavy atom. The first-order valence-corrected chi connectivity index (χ1v) is 28.2. The molecular weight excluding hydrogens is 1060 g/mol. The maximum atomic E-state index is 14.3. The fraction of sp³-hybridized carbons (Fsp3) is 0.625. The molecule has 28 nitrogen and oxygen atoms in total. The maximum Gasteiger partial charge on any atom is 0.325 e. The fourth-order valence-corrected chi connectivity index (χ4v) is 10.0. The molecule has 2 aliphatic rings. The Balaban J connectivity index is 2.07. The van der Waals surface area contributed by atoms with E-state index in [2.05, 4.69) is 63.5 Å². The summed E-state index contributed by atoms with van der Waals surface area (Å²) in [4.78, 5) is 153. The van der Waals surface area contributed by atoms with E-state index in [9.17, 15) is 63.0 Å². The van der Waals surface area contributed by atoms with Crippen molar-refractivity contribution in [3.05, 3.63) is 29.8 Å². The molecule has 434 valence electrons. The normalized spacial score (nSPS) is 24.9. The number of aromatic hydroxyl groups is 1. The van der Waals surface area contributed by atoms with Crippen LogP contribution in [0.15, 0.2) is 29.3 Å². The molecule has 1 aromatic rings. The van der Waals surface area contributed by atoms with Crippen LogP contribution in [0.4, 0.5) is 0 Å². The molecule has 0 unspecified atom stereocenters. The number of benzene rings is 1.